The Kier molecular flexibility index (Phi) is 5.05. The van der Waals surface area contributed by atoms with Crippen molar-refractivity contribution in [3.05, 3.63) is 12.2 Å². The topological polar surface area (TPSA) is 44.5 Å². The van der Waals surface area contributed by atoms with Crippen LogP contribution in [-0.2, 0) is 9.47 Å². The van der Waals surface area contributed by atoms with Crippen molar-refractivity contribution in [3.63, 3.8) is 0 Å². The molecule has 1 saturated heterocycles. The van der Waals surface area contributed by atoms with Crippen LogP contribution < -0.4 is 5.73 Å². The predicted molar refractivity (Wildman–Crippen MR) is 52.6 cm³/mol. The fourth-order valence-electron chi connectivity index (χ4n) is 1.33. The van der Waals surface area contributed by atoms with E-state index in [1.807, 2.05) is 0 Å². The van der Waals surface area contributed by atoms with Gasteiger partial charge in [-0.15, -0.1) is 0 Å². The summed E-state index contributed by atoms with van der Waals surface area (Å²) in [6.45, 7) is 6.40. The molecule has 1 heterocycles. The smallest absolute Gasteiger partial charge is 0.0808 e. The van der Waals surface area contributed by atoms with Gasteiger partial charge in [0.05, 0.1) is 19.3 Å². The summed E-state index contributed by atoms with van der Waals surface area (Å²) in [6, 6.07) is 0. The van der Waals surface area contributed by atoms with Crippen LogP contribution in [-0.4, -0.2) is 32.5 Å². The summed E-state index contributed by atoms with van der Waals surface area (Å²) >= 11 is 0. The van der Waals surface area contributed by atoms with Gasteiger partial charge in [-0.3, -0.25) is 0 Å². The van der Waals surface area contributed by atoms with Crippen LogP contribution in [0.1, 0.15) is 19.3 Å². The number of nitrogens with two attached hydrogens (primary N) is 1. The van der Waals surface area contributed by atoms with Crippen molar-refractivity contribution in [2.24, 2.45) is 5.73 Å². The minimum Gasteiger partial charge on any atom is -0.376 e. The second-order valence-corrected chi connectivity index (χ2v) is 3.46. The fraction of sp³-hybridized carbons (Fsp3) is 0.800. The third-order valence-corrected chi connectivity index (χ3v) is 2.17. The van der Waals surface area contributed by atoms with Crippen molar-refractivity contribution in [2.45, 2.75) is 25.4 Å². The van der Waals surface area contributed by atoms with E-state index in [1.165, 1.54) is 12.8 Å². The largest absolute Gasteiger partial charge is 0.376 e. The van der Waals surface area contributed by atoms with Gasteiger partial charge in [0.2, 0.25) is 0 Å². The molecule has 0 aromatic rings. The van der Waals surface area contributed by atoms with Gasteiger partial charge >= 0.3 is 0 Å². The van der Waals surface area contributed by atoms with Crippen molar-refractivity contribution in [1.82, 2.24) is 0 Å². The quantitative estimate of drug-likeness (QED) is 0.652. The Morgan fingerprint density at radius 2 is 2.38 bits per heavy atom. The lowest BCUT2D eigenvalue weighted by atomic mass is 10.1. The highest BCUT2D eigenvalue weighted by Gasteiger charge is 2.13. The van der Waals surface area contributed by atoms with E-state index in [0.717, 1.165) is 18.6 Å². The number of ether oxygens (including phenoxy) is 2. The summed E-state index contributed by atoms with van der Waals surface area (Å²) < 4.78 is 10.9. The Hall–Kier alpha value is -0.380. The summed E-state index contributed by atoms with van der Waals surface area (Å²) in [6.07, 6.45) is 3.85. The molecule has 0 aromatic carbocycles. The van der Waals surface area contributed by atoms with E-state index >= 15 is 0 Å². The zero-order valence-electron chi connectivity index (χ0n) is 8.13. The molecule has 3 heteroatoms. The molecule has 0 amide bonds. The van der Waals surface area contributed by atoms with E-state index in [4.69, 9.17) is 15.2 Å². The lowest BCUT2D eigenvalue weighted by Crippen LogP contribution is -2.25. The third-order valence-electron chi connectivity index (χ3n) is 2.17. The monoisotopic (exact) mass is 185 g/mol. The molecule has 0 aliphatic carbocycles. The molecule has 0 saturated carbocycles. The van der Waals surface area contributed by atoms with Crippen LogP contribution in [0.4, 0.5) is 0 Å². The maximum Gasteiger partial charge on any atom is 0.0808 e. The Bertz CT molecular complexity index is 153. The van der Waals surface area contributed by atoms with Crippen LogP contribution in [0.3, 0.4) is 0 Å². The Balaban J connectivity index is 2.01. The summed E-state index contributed by atoms with van der Waals surface area (Å²) in [5, 5.41) is 0. The Morgan fingerprint density at radius 1 is 1.54 bits per heavy atom. The average Bonchev–Trinajstić information content (AvgIpc) is 2.19. The predicted octanol–water partition coefficient (Wildman–Crippen LogP) is 1.09. The molecule has 0 aromatic heterocycles. The molecule has 0 spiro atoms. The molecule has 0 radical (unpaired) electrons. The maximum atomic E-state index is 5.51. The van der Waals surface area contributed by atoms with Crippen molar-refractivity contribution in [1.29, 1.82) is 0 Å². The van der Waals surface area contributed by atoms with E-state index in [-0.39, 0.29) is 0 Å². The SMILES string of the molecule is C=C(CN)COCC1CCCCO1. The standard InChI is InChI=1S/C10H19NO2/c1-9(6-11)7-12-8-10-4-2-3-5-13-10/h10H,1-8,11H2. The lowest BCUT2D eigenvalue weighted by molar-refractivity contribution is -0.0364. The van der Waals surface area contributed by atoms with Gasteiger partial charge < -0.3 is 15.2 Å². The van der Waals surface area contributed by atoms with Crippen LogP contribution in [0, 0.1) is 0 Å². The molecule has 1 aliphatic rings. The number of hydrogen-bond donors (Lipinski definition) is 1. The van der Waals surface area contributed by atoms with Crippen LogP contribution in [0.2, 0.25) is 0 Å². The zero-order chi connectivity index (χ0) is 9.52. The first-order valence-corrected chi connectivity index (χ1v) is 4.89. The minimum absolute atomic E-state index is 0.291. The van der Waals surface area contributed by atoms with E-state index in [2.05, 4.69) is 6.58 Å². The van der Waals surface area contributed by atoms with E-state index in [0.29, 0.717) is 25.9 Å². The van der Waals surface area contributed by atoms with Gasteiger partial charge in [-0.2, -0.15) is 0 Å². The minimum atomic E-state index is 0.291. The summed E-state index contributed by atoms with van der Waals surface area (Å²) in [4.78, 5) is 0. The van der Waals surface area contributed by atoms with Crippen molar-refractivity contribution < 1.29 is 9.47 Å². The van der Waals surface area contributed by atoms with E-state index in [9.17, 15) is 0 Å². The normalized spacial score (nSPS) is 23.0. The molecular weight excluding hydrogens is 166 g/mol. The molecule has 13 heavy (non-hydrogen) atoms. The Morgan fingerprint density at radius 3 is 3.00 bits per heavy atom. The molecule has 76 valence electrons. The highest BCUT2D eigenvalue weighted by Crippen LogP contribution is 2.12. The third kappa shape index (κ3) is 4.41. The first kappa shape index (κ1) is 10.7. The van der Waals surface area contributed by atoms with E-state index < -0.39 is 0 Å². The summed E-state index contributed by atoms with van der Waals surface area (Å²) in [5.41, 5.74) is 6.32. The van der Waals surface area contributed by atoms with Crippen LogP contribution in [0.15, 0.2) is 12.2 Å². The fourth-order valence-corrected chi connectivity index (χ4v) is 1.33. The van der Waals surface area contributed by atoms with Gasteiger partial charge in [0.15, 0.2) is 0 Å². The van der Waals surface area contributed by atoms with Gasteiger partial charge in [0.1, 0.15) is 0 Å². The average molecular weight is 185 g/mol. The molecule has 1 fully saturated rings. The highest BCUT2D eigenvalue weighted by molar-refractivity contribution is 4.95. The maximum absolute atomic E-state index is 5.51. The van der Waals surface area contributed by atoms with Gasteiger partial charge in [-0.1, -0.05) is 6.58 Å². The second-order valence-electron chi connectivity index (χ2n) is 3.46. The molecule has 3 nitrogen and oxygen atoms in total. The molecular formula is C10H19NO2. The van der Waals surface area contributed by atoms with Gasteiger partial charge in [-0.05, 0) is 24.8 Å². The molecule has 1 unspecified atom stereocenters. The van der Waals surface area contributed by atoms with Gasteiger partial charge in [-0.25, -0.2) is 0 Å². The van der Waals surface area contributed by atoms with E-state index in [1.54, 1.807) is 0 Å². The first-order valence-electron chi connectivity index (χ1n) is 4.89. The van der Waals surface area contributed by atoms with Crippen molar-refractivity contribution in [2.75, 3.05) is 26.4 Å². The second kappa shape index (κ2) is 6.13. The number of hydrogen-bond acceptors (Lipinski definition) is 3. The molecule has 0 bridgehead atoms. The van der Waals surface area contributed by atoms with Crippen LogP contribution in [0.5, 0.6) is 0 Å². The summed E-state index contributed by atoms with van der Waals surface area (Å²) in [5.74, 6) is 0. The lowest BCUT2D eigenvalue weighted by Gasteiger charge is -2.22. The van der Waals surface area contributed by atoms with Crippen LogP contribution in [0.25, 0.3) is 0 Å². The van der Waals surface area contributed by atoms with Gasteiger partial charge in [0, 0.05) is 13.2 Å². The molecule has 2 N–H and O–H groups in total. The zero-order valence-corrected chi connectivity index (χ0v) is 8.13. The van der Waals surface area contributed by atoms with Crippen molar-refractivity contribution >= 4 is 0 Å². The summed E-state index contributed by atoms with van der Waals surface area (Å²) in [7, 11) is 0. The molecule has 1 aliphatic heterocycles. The van der Waals surface area contributed by atoms with Gasteiger partial charge in [0.25, 0.3) is 0 Å². The van der Waals surface area contributed by atoms with Crippen LogP contribution >= 0.6 is 0 Å². The Labute approximate surface area is 79.9 Å². The molecule has 1 atom stereocenters. The number of rotatable bonds is 5. The molecule has 1 rings (SSSR count). The van der Waals surface area contributed by atoms with Crippen molar-refractivity contribution in [3.8, 4) is 0 Å². The first-order chi connectivity index (χ1) is 6.33. The highest BCUT2D eigenvalue weighted by atomic mass is 16.5.